The van der Waals surface area contributed by atoms with Gasteiger partial charge in [0.05, 0.1) is 0 Å². The molecule has 1 aromatic heterocycles. The summed E-state index contributed by atoms with van der Waals surface area (Å²) >= 11 is 0. The van der Waals surface area contributed by atoms with Crippen LogP contribution in [-0.2, 0) is 0 Å². The highest BCUT2D eigenvalue weighted by Gasteiger charge is 2.10. The molecule has 0 saturated carbocycles. The molecule has 0 bridgehead atoms. The van der Waals surface area contributed by atoms with Crippen molar-refractivity contribution >= 4 is 11.8 Å². The number of nitrogens with two attached hydrogens (primary N) is 1. The first-order chi connectivity index (χ1) is 5.25. The number of nitriles is 1. The summed E-state index contributed by atoms with van der Waals surface area (Å²) in [6.07, 6.45) is 2.96. The van der Waals surface area contributed by atoms with Crippen LogP contribution in [0.3, 0.4) is 0 Å². The van der Waals surface area contributed by atoms with Crippen LogP contribution in [0.5, 0.6) is 0 Å². The van der Waals surface area contributed by atoms with Crippen molar-refractivity contribution in [1.82, 2.24) is 5.16 Å². The van der Waals surface area contributed by atoms with Gasteiger partial charge in [-0.3, -0.25) is 5.41 Å². The van der Waals surface area contributed by atoms with Crippen molar-refractivity contribution in [2.75, 3.05) is 4.90 Å². The molecule has 1 rings (SSSR count). The molecule has 56 valence electrons. The predicted molar refractivity (Wildman–Crippen MR) is 36.5 cm³/mol. The van der Waals surface area contributed by atoms with E-state index in [1.165, 1.54) is 12.3 Å². The van der Waals surface area contributed by atoms with E-state index in [2.05, 4.69) is 9.68 Å². The molecule has 0 spiro atoms. The van der Waals surface area contributed by atoms with Gasteiger partial charge in [0.1, 0.15) is 6.26 Å². The maximum absolute atomic E-state index is 8.44. The molecule has 0 aliphatic carbocycles. The summed E-state index contributed by atoms with van der Waals surface area (Å²) in [5.74, 6) is -0.179. The molecule has 6 nitrogen and oxygen atoms in total. The van der Waals surface area contributed by atoms with Crippen molar-refractivity contribution in [1.29, 1.82) is 10.7 Å². The van der Waals surface area contributed by atoms with Crippen LogP contribution in [0.1, 0.15) is 0 Å². The first-order valence-electron chi connectivity index (χ1n) is 2.70. The van der Waals surface area contributed by atoms with Gasteiger partial charge in [-0.1, -0.05) is 5.16 Å². The highest BCUT2D eigenvalue weighted by atomic mass is 16.5. The molecular formula is C5H5N5O. The Kier molecular flexibility index (Phi) is 1.74. The second-order valence-electron chi connectivity index (χ2n) is 1.68. The van der Waals surface area contributed by atoms with E-state index in [0.29, 0.717) is 0 Å². The monoisotopic (exact) mass is 151 g/mol. The quantitative estimate of drug-likeness (QED) is 0.251. The third-order valence-electron chi connectivity index (χ3n) is 0.994. The molecule has 0 unspecified atom stereocenters. The minimum Gasteiger partial charge on any atom is -0.369 e. The van der Waals surface area contributed by atoms with Crippen molar-refractivity contribution in [3.8, 4) is 6.19 Å². The van der Waals surface area contributed by atoms with Crippen LogP contribution in [0.25, 0.3) is 0 Å². The Morgan fingerprint density at radius 3 is 3.00 bits per heavy atom. The lowest BCUT2D eigenvalue weighted by Gasteiger charge is -2.06. The third kappa shape index (κ3) is 1.27. The summed E-state index contributed by atoms with van der Waals surface area (Å²) in [5.41, 5.74) is 5.04. The fourth-order valence-electron chi connectivity index (χ4n) is 0.550. The van der Waals surface area contributed by atoms with Crippen molar-refractivity contribution in [2.45, 2.75) is 0 Å². The van der Waals surface area contributed by atoms with Crippen LogP contribution in [0.15, 0.2) is 16.9 Å². The second kappa shape index (κ2) is 2.70. The lowest BCUT2D eigenvalue weighted by atomic mass is 10.6. The van der Waals surface area contributed by atoms with Gasteiger partial charge in [-0.25, -0.2) is 0 Å². The van der Waals surface area contributed by atoms with E-state index in [1.807, 2.05) is 0 Å². The second-order valence-corrected chi connectivity index (χ2v) is 1.68. The van der Waals surface area contributed by atoms with Gasteiger partial charge in [0.15, 0.2) is 12.0 Å². The standard InChI is InChI=1S/C5H5N5O/c6-3-10(5(7)8)4-1-2-11-9-4/h1-2H,(H3,7,8). The summed E-state index contributed by atoms with van der Waals surface area (Å²) in [4.78, 5) is 0.837. The molecule has 0 amide bonds. The van der Waals surface area contributed by atoms with Gasteiger partial charge in [-0.05, 0) is 0 Å². The summed E-state index contributed by atoms with van der Waals surface area (Å²) in [6, 6.07) is 1.44. The number of aromatic nitrogens is 1. The van der Waals surface area contributed by atoms with E-state index in [-0.39, 0.29) is 11.8 Å². The molecule has 0 fully saturated rings. The van der Waals surface area contributed by atoms with Gasteiger partial charge in [-0.15, -0.1) is 0 Å². The first-order valence-corrected chi connectivity index (χ1v) is 2.70. The van der Waals surface area contributed by atoms with Gasteiger partial charge in [0.2, 0.25) is 5.96 Å². The van der Waals surface area contributed by atoms with Crippen molar-refractivity contribution in [3.05, 3.63) is 12.3 Å². The van der Waals surface area contributed by atoms with Gasteiger partial charge in [-0.2, -0.15) is 10.2 Å². The van der Waals surface area contributed by atoms with Gasteiger partial charge in [0, 0.05) is 6.07 Å². The summed E-state index contributed by atoms with van der Waals surface area (Å²) in [5, 5.41) is 18.8. The molecular weight excluding hydrogens is 146 g/mol. The smallest absolute Gasteiger partial charge is 0.208 e. The number of nitrogens with one attached hydrogen (secondary N) is 1. The Bertz CT molecular complexity index is 284. The van der Waals surface area contributed by atoms with E-state index < -0.39 is 0 Å². The fraction of sp³-hybridized carbons (Fsp3) is 0. The van der Waals surface area contributed by atoms with Gasteiger partial charge < -0.3 is 10.3 Å². The number of hydrogen-bond acceptors (Lipinski definition) is 4. The maximum atomic E-state index is 8.44. The zero-order valence-electron chi connectivity index (χ0n) is 5.48. The average Bonchev–Trinajstić information content (AvgIpc) is 2.40. The number of nitrogens with zero attached hydrogens (tertiary/aromatic N) is 3. The highest BCUT2D eigenvalue weighted by molar-refractivity contribution is 5.93. The lowest BCUT2D eigenvalue weighted by Crippen LogP contribution is -2.32. The van der Waals surface area contributed by atoms with Crippen LogP contribution in [-0.4, -0.2) is 11.1 Å². The Hall–Kier alpha value is -2.03. The number of hydrogen-bond donors (Lipinski definition) is 2. The van der Waals surface area contributed by atoms with E-state index >= 15 is 0 Å². The Labute approximate surface area is 62.3 Å². The zero-order valence-corrected chi connectivity index (χ0v) is 5.48. The molecule has 1 heterocycles. The maximum Gasteiger partial charge on any atom is 0.208 e. The molecule has 0 atom stereocenters. The molecule has 0 aliphatic rings. The summed E-state index contributed by atoms with van der Waals surface area (Å²) < 4.78 is 4.45. The lowest BCUT2D eigenvalue weighted by molar-refractivity contribution is 0.421. The van der Waals surface area contributed by atoms with Crippen molar-refractivity contribution < 1.29 is 4.52 Å². The number of rotatable bonds is 1. The largest absolute Gasteiger partial charge is 0.369 e. The minimum atomic E-state index is -0.388. The fourth-order valence-corrected chi connectivity index (χ4v) is 0.550. The van der Waals surface area contributed by atoms with E-state index in [9.17, 15) is 0 Å². The number of guanidine groups is 1. The predicted octanol–water partition coefficient (Wildman–Crippen LogP) is -0.144. The van der Waals surface area contributed by atoms with Crippen LogP contribution < -0.4 is 10.6 Å². The molecule has 0 aromatic carbocycles. The molecule has 11 heavy (non-hydrogen) atoms. The summed E-state index contributed by atoms with van der Waals surface area (Å²) in [7, 11) is 0. The van der Waals surface area contributed by atoms with E-state index in [0.717, 1.165) is 4.90 Å². The Morgan fingerprint density at radius 2 is 2.64 bits per heavy atom. The van der Waals surface area contributed by atoms with Crippen LogP contribution >= 0.6 is 0 Å². The number of anilines is 1. The van der Waals surface area contributed by atoms with E-state index in [4.69, 9.17) is 16.4 Å². The normalized spacial score (nSPS) is 8.64. The molecule has 0 radical (unpaired) electrons. The Balaban J connectivity index is 2.91. The zero-order chi connectivity index (χ0) is 8.27. The van der Waals surface area contributed by atoms with Crippen LogP contribution in [0.4, 0.5) is 5.82 Å². The van der Waals surface area contributed by atoms with Crippen molar-refractivity contribution in [2.24, 2.45) is 5.73 Å². The highest BCUT2D eigenvalue weighted by Crippen LogP contribution is 2.07. The van der Waals surface area contributed by atoms with Crippen LogP contribution in [0.2, 0.25) is 0 Å². The van der Waals surface area contributed by atoms with Gasteiger partial charge >= 0.3 is 0 Å². The third-order valence-corrected chi connectivity index (χ3v) is 0.994. The average molecular weight is 151 g/mol. The van der Waals surface area contributed by atoms with Gasteiger partial charge in [0.25, 0.3) is 0 Å². The van der Waals surface area contributed by atoms with E-state index in [1.54, 1.807) is 6.19 Å². The van der Waals surface area contributed by atoms with Crippen LogP contribution in [0, 0.1) is 16.9 Å². The first kappa shape index (κ1) is 7.08. The summed E-state index contributed by atoms with van der Waals surface area (Å²) in [6.45, 7) is 0. The Morgan fingerprint density at radius 1 is 1.91 bits per heavy atom. The molecule has 3 N–H and O–H groups in total. The van der Waals surface area contributed by atoms with Crippen molar-refractivity contribution in [3.63, 3.8) is 0 Å². The molecule has 6 heteroatoms. The molecule has 1 aromatic rings. The minimum absolute atomic E-state index is 0.208. The topological polar surface area (TPSA) is 103 Å². The molecule has 0 aliphatic heterocycles. The SMILES string of the molecule is N#CN(C(=N)N)c1ccon1. The molecule has 0 saturated heterocycles.